The van der Waals surface area contributed by atoms with E-state index in [0.29, 0.717) is 0 Å². The van der Waals surface area contributed by atoms with Crippen molar-refractivity contribution >= 4 is 27.5 Å². The molecule has 0 radical (unpaired) electrons. The maximum Gasteiger partial charge on any atom is 0.139 e. The van der Waals surface area contributed by atoms with E-state index < -0.39 is 0 Å². The Bertz CT molecular complexity index is 723. The maximum atomic E-state index is 6.50. The van der Waals surface area contributed by atoms with Crippen LogP contribution in [-0.4, -0.2) is 0 Å². The van der Waals surface area contributed by atoms with Crippen LogP contribution in [0.25, 0.3) is 0 Å². The minimum absolute atomic E-state index is 0.00713. The largest absolute Gasteiger partial charge is 0.349 e. The summed E-state index contributed by atoms with van der Waals surface area (Å²) in [6.07, 6.45) is -0.00713. The summed E-state index contributed by atoms with van der Waals surface area (Å²) in [4.78, 5) is 0. The molecule has 0 bridgehead atoms. The quantitative estimate of drug-likeness (QED) is 0.571. The van der Waals surface area contributed by atoms with Gasteiger partial charge in [0.1, 0.15) is 11.1 Å². The van der Waals surface area contributed by atoms with E-state index in [-0.39, 0.29) is 16.5 Å². The average Bonchev–Trinajstić information content (AvgIpc) is 2.75. The molecule has 0 N–H and O–H groups in total. The summed E-state index contributed by atoms with van der Waals surface area (Å²) in [6, 6.07) is 12.6. The van der Waals surface area contributed by atoms with Gasteiger partial charge in [0.05, 0.1) is 0 Å². The summed E-state index contributed by atoms with van der Waals surface area (Å²) in [6.45, 7) is 4.48. The fourth-order valence-corrected chi connectivity index (χ4v) is 4.69. The smallest absolute Gasteiger partial charge is 0.139 e. The first-order valence-corrected chi connectivity index (χ1v) is 8.03. The van der Waals surface area contributed by atoms with Crippen LogP contribution in [0.4, 0.5) is 0 Å². The van der Waals surface area contributed by atoms with E-state index >= 15 is 0 Å². The molecular formula is C17H14BrClO. The van der Waals surface area contributed by atoms with Crippen molar-refractivity contribution in [3.8, 4) is 0 Å². The van der Waals surface area contributed by atoms with Crippen molar-refractivity contribution in [3.63, 3.8) is 0 Å². The standard InChI is InChI=1S/C17H14BrClO/c1-17(2)11-7-3-5-9-13(11)15(20-16(9)18)10-6-4-8-12(19)14(10)17/h3-8,15-16H,1-2H3. The van der Waals surface area contributed by atoms with Crippen molar-refractivity contribution in [2.24, 2.45) is 0 Å². The normalized spacial score (nSPS) is 25.2. The molecule has 1 aliphatic heterocycles. The number of fused-ring (bicyclic) bond motifs is 2. The number of hydrogen-bond acceptors (Lipinski definition) is 1. The van der Waals surface area contributed by atoms with E-state index in [9.17, 15) is 0 Å². The Labute approximate surface area is 132 Å². The molecule has 0 spiro atoms. The van der Waals surface area contributed by atoms with Gasteiger partial charge in [-0.05, 0) is 33.9 Å². The minimum atomic E-state index is -0.101. The first-order valence-electron chi connectivity index (χ1n) is 6.73. The Morgan fingerprint density at radius 3 is 2.60 bits per heavy atom. The van der Waals surface area contributed by atoms with Gasteiger partial charge < -0.3 is 4.74 Å². The lowest BCUT2D eigenvalue weighted by Gasteiger charge is -2.37. The van der Waals surface area contributed by atoms with Crippen molar-refractivity contribution in [3.05, 3.63) is 69.2 Å². The molecular weight excluding hydrogens is 336 g/mol. The summed E-state index contributed by atoms with van der Waals surface area (Å²) < 4.78 is 6.15. The van der Waals surface area contributed by atoms with Crippen LogP contribution >= 0.6 is 27.5 Å². The lowest BCUT2D eigenvalue weighted by Crippen LogP contribution is -2.29. The predicted molar refractivity (Wildman–Crippen MR) is 84.6 cm³/mol. The molecule has 102 valence electrons. The van der Waals surface area contributed by atoms with E-state index in [2.05, 4.69) is 54.0 Å². The van der Waals surface area contributed by atoms with E-state index in [4.69, 9.17) is 16.3 Å². The highest BCUT2D eigenvalue weighted by molar-refractivity contribution is 9.09. The van der Waals surface area contributed by atoms with E-state index in [1.807, 2.05) is 12.1 Å². The van der Waals surface area contributed by atoms with Crippen LogP contribution in [0.2, 0.25) is 5.02 Å². The number of hydrogen-bond donors (Lipinski definition) is 0. The highest BCUT2D eigenvalue weighted by Crippen LogP contribution is 2.56. The van der Waals surface area contributed by atoms with Crippen molar-refractivity contribution in [1.82, 2.24) is 0 Å². The number of halogens is 2. The van der Waals surface area contributed by atoms with Crippen LogP contribution in [0, 0.1) is 0 Å². The van der Waals surface area contributed by atoms with Gasteiger partial charge in [0.2, 0.25) is 0 Å². The first kappa shape index (κ1) is 12.9. The third-order valence-electron chi connectivity index (χ3n) is 4.53. The lowest BCUT2D eigenvalue weighted by molar-refractivity contribution is 0.0876. The van der Waals surface area contributed by atoms with Crippen molar-refractivity contribution in [1.29, 1.82) is 0 Å². The number of benzene rings is 2. The third kappa shape index (κ3) is 1.47. The number of alkyl halides is 1. The third-order valence-corrected chi connectivity index (χ3v) is 5.55. The van der Waals surface area contributed by atoms with Crippen molar-refractivity contribution < 1.29 is 4.74 Å². The fourth-order valence-electron chi connectivity index (χ4n) is 3.66. The predicted octanol–water partition coefficient (Wildman–Crippen LogP) is 5.49. The second kappa shape index (κ2) is 4.09. The Morgan fingerprint density at radius 1 is 1.10 bits per heavy atom. The first-order chi connectivity index (χ1) is 9.51. The monoisotopic (exact) mass is 348 g/mol. The van der Waals surface area contributed by atoms with Gasteiger partial charge in [-0.1, -0.05) is 71.7 Å². The van der Waals surface area contributed by atoms with Gasteiger partial charge in [0.25, 0.3) is 0 Å². The molecule has 1 nitrogen and oxygen atoms in total. The highest BCUT2D eigenvalue weighted by Gasteiger charge is 2.44. The van der Waals surface area contributed by atoms with Crippen LogP contribution in [0.1, 0.15) is 52.8 Å². The van der Waals surface area contributed by atoms with E-state index in [0.717, 1.165) is 5.02 Å². The van der Waals surface area contributed by atoms with Crippen LogP contribution in [0.15, 0.2) is 36.4 Å². The Kier molecular flexibility index (Phi) is 2.64. The van der Waals surface area contributed by atoms with Gasteiger partial charge in [-0.15, -0.1) is 0 Å². The van der Waals surface area contributed by atoms with Crippen LogP contribution in [0.5, 0.6) is 0 Å². The molecule has 0 amide bonds. The molecule has 1 heterocycles. The summed E-state index contributed by atoms with van der Waals surface area (Å²) in [5, 5.41) is 0.786. The SMILES string of the molecule is CC1(C)c2cccc3c2C(OC3Br)c2cccc(Cl)c21. The molecule has 2 aliphatic rings. The fraction of sp³-hybridized carbons (Fsp3) is 0.294. The molecule has 2 aromatic carbocycles. The molecule has 2 unspecified atom stereocenters. The molecule has 0 saturated heterocycles. The van der Waals surface area contributed by atoms with Crippen molar-refractivity contribution in [2.75, 3.05) is 0 Å². The topological polar surface area (TPSA) is 9.23 Å². The second-order valence-corrected chi connectivity index (χ2v) is 7.21. The van der Waals surface area contributed by atoms with Gasteiger partial charge in [-0.3, -0.25) is 0 Å². The Morgan fingerprint density at radius 2 is 1.80 bits per heavy atom. The van der Waals surface area contributed by atoms with Crippen molar-refractivity contribution in [2.45, 2.75) is 30.4 Å². The zero-order valence-electron chi connectivity index (χ0n) is 11.3. The van der Waals surface area contributed by atoms with Crippen LogP contribution in [-0.2, 0) is 10.2 Å². The second-order valence-electron chi connectivity index (χ2n) is 5.97. The Balaban J connectivity index is 2.11. The molecule has 1 aliphatic carbocycles. The lowest BCUT2D eigenvalue weighted by atomic mass is 9.67. The molecule has 0 aromatic heterocycles. The zero-order valence-corrected chi connectivity index (χ0v) is 13.6. The molecule has 2 aromatic rings. The zero-order chi connectivity index (χ0) is 14.1. The maximum absolute atomic E-state index is 6.50. The molecule has 3 heteroatoms. The molecule has 4 rings (SSSR count). The molecule has 0 saturated carbocycles. The highest BCUT2D eigenvalue weighted by atomic mass is 79.9. The summed E-state index contributed by atoms with van der Waals surface area (Å²) in [5.74, 6) is 0. The molecule has 2 atom stereocenters. The molecule has 20 heavy (non-hydrogen) atoms. The van der Waals surface area contributed by atoms with Crippen LogP contribution in [0.3, 0.4) is 0 Å². The van der Waals surface area contributed by atoms with Crippen LogP contribution < -0.4 is 0 Å². The van der Waals surface area contributed by atoms with Gasteiger partial charge in [-0.25, -0.2) is 0 Å². The van der Waals surface area contributed by atoms with Gasteiger partial charge in [-0.2, -0.15) is 0 Å². The van der Waals surface area contributed by atoms with Gasteiger partial charge in [0.15, 0.2) is 0 Å². The summed E-state index contributed by atoms with van der Waals surface area (Å²) in [7, 11) is 0. The van der Waals surface area contributed by atoms with E-state index in [1.165, 1.54) is 27.8 Å². The van der Waals surface area contributed by atoms with Gasteiger partial charge in [0, 0.05) is 10.4 Å². The summed E-state index contributed by atoms with van der Waals surface area (Å²) >= 11 is 10.1. The number of rotatable bonds is 0. The minimum Gasteiger partial charge on any atom is -0.349 e. The molecule has 0 fully saturated rings. The Hall–Kier alpha value is -0.830. The van der Waals surface area contributed by atoms with Gasteiger partial charge >= 0.3 is 0 Å². The van der Waals surface area contributed by atoms with E-state index in [1.54, 1.807) is 0 Å². The number of ether oxygens (including phenoxy) is 1. The average molecular weight is 350 g/mol. The summed E-state index contributed by atoms with van der Waals surface area (Å²) in [5.41, 5.74) is 6.17.